The van der Waals surface area contributed by atoms with E-state index in [9.17, 15) is 13.2 Å². The number of amides is 1. The van der Waals surface area contributed by atoms with E-state index in [-0.39, 0.29) is 16.8 Å². The first kappa shape index (κ1) is 19.6. The van der Waals surface area contributed by atoms with Crippen LogP contribution in [0.1, 0.15) is 32.6 Å². The molecule has 6 nitrogen and oxygen atoms in total. The van der Waals surface area contributed by atoms with Crippen LogP contribution in [0.4, 0.5) is 0 Å². The van der Waals surface area contributed by atoms with Gasteiger partial charge in [0, 0.05) is 11.1 Å². The Bertz CT molecular complexity index is 725. The Labute approximate surface area is 160 Å². The topological polar surface area (TPSA) is 70.9 Å². The van der Waals surface area contributed by atoms with E-state index >= 15 is 0 Å². The lowest BCUT2D eigenvalue weighted by molar-refractivity contribution is -0.917. The number of rotatable bonds is 5. The number of sulfonamides is 1. The predicted molar refractivity (Wildman–Crippen MR) is 101 cm³/mol. The molecule has 0 bridgehead atoms. The van der Waals surface area contributed by atoms with Crippen LogP contribution in [-0.4, -0.2) is 56.9 Å². The van der Waals surface area contributed by atoms with Gasteiger partial charge in [-0.25, -0.2) is 8.42 Å². The lowest BCUT2D eigenvalue weighted by atomic mass is 10.2. The average Bonchev–Trinajstić information content (AvgIpc) is 3.14. The minimum Gasteiger partial charge on any atom is -0.348 e. The third kappa shape index (κ3) is 4.39. The van der Waals surface area contributed by atoms with Crippen molar-refractivity contribution in [1.29, 1.82) is 0 Å². The second-order valence-electron chi connectivity index (χ2n) is 7.23. The molecule has 2 N–H and O–H groups in total. The fourth-order valence-electron chi connectivity index (χ4n) is 3.78. The highest BCUT2D eigenvalue weighted by atomic mass is 35.5. The van der Waals surface area contributed by atoms with Gasteiger partial charge in [-0.3, -0.25) is 4.79 Å². The van der Waals surface area contributed by atoms with Gasteiger partial charge in [0.15, 0.2) is 6.04 Å². The fourth-order valence-corrected chi connectivity index (χ4v) is 5.35. The maximum Gasteiger partial charge on any atom is 0.278 e. The van der Waals surface area contributed by atoms with Crippen molar-refractivity contribution >= 4 is 27.5 Å². The van der Waals surface area contributed by atoms with Gasteiger partial charge in [0.25, 0.3) is 5.91 Å². The van der Waals surface area contributed by atoms with E-state index in [1.54, 1.807) is 12.1 Å². The van der Waals surface area contributed by atoms with Crippen LogP contribution in [-0.2, 0) is 14.8 Å². The van der Waals surface area contributed by atoms with Crippen molar-refractivity contribution in [3.63, 3.8) is 0 Å². The number of carbonyl (C=O) groups excluding carboxylic acids is 1. The number of nitrogens with one attached hydrogen (secondary N) is 2. The van der Waals surface area contributed by atoms with Gasteiger partial charge in [-0.2, -0.15) is 4.31 Å². The molecule has 2 aliphatic rings. The van der Waals surface area contributed by atoms with Gasteiger partial charge < -0.3 is 10.2 Å². The Morgan fingerprint density at radius 3 is 2.35 bits per heavy atom. The molecule has 0 unspecified atom stereocenters. The Kier molecular flexibility index (Phi) is 6.22. The minimum atomic E-state index is -3.51. The summed E-state index contributed by atoms with van der Waals surface area (Å²) < 4.78 is 27.0. The molecule has 1 heterocycles. The molecule has 0 spiro atoms. The molecule has 2 fully saturated rings. The molecule has 26 heavy (non-hydrogen) atoms. The molecule has 1 aromatic rings. The lowest BCUT2D eigenvalue weighted by Gasteiger charge is -2.34. The number of hydrogen-bond donors (Lipinski definition) is 2. The molecule has 0 aromatic heterocycles. The number of carbonyl (C=O) groups is 1. The fraction of sp³-hybridized carbons (Fsp3) is 0.611. The normalized spacial score (nSPS) is 21.6. The van der Waals surface area contributed by atoms with Crippen LogP contribution in [0.25, 0.3) is 0 Å². The first-order valence-corrected chi connectivity index (χ1v) is 11.1. The molecule has 1 aromatic carbocycles. The quantitative estimate of drug-likeness (QED) is 0.763. The smallest absolute Gasteiger partial charge is 0.278 e. The molecular formula is C18H27ClN3O3S+. The van der Waals surface area contributed by atoms with Crippen molar-refractivity contribution < 1.29 is 18.1 Å². The van der Waals surface area contributed by atoms with Crippen molar-refractivity contribution in [3.8, 4) is 0 Å². The molecule has 1 saturated carbocycles. The summed E-state index contributed by atoms with van der Waals surface area (Å²) in [6.45, 7) is 4.03. The van der Waals surface area contributed by atoms with Crippen LogP contribution < -0.4 is 10.2 Å². The van der Waals surface area contributed by atoms with E-state index in [0.29, 0.717) is 37.2 Å². The van der Waals surface area contributed by atoms with E-state index in [1.807, 2.05) is 6.92 Å². The highest BCUT2D eigenvalue weighted by Gasteiger charge is 2.35. The van der Waals surface area contributed by atoms with Crippen molar-refractivity contribution in [2.75, 3.05) is 26.2 Å². The Morgan fingerprint density at radius 2 is 1.77 bits per heavy atom. The van der Waals surface area contributed by atoms with Crippen LogP contribution in [0.5, 0.6) is 0 Å². The molecule has 1 saturated heterocycles. The first-order chi connectivity index (χ1) is 12.4. The summed E-state index contributed by atoms with van der Waals surface area (Å²) in [6, 6.07) is 6.41. The largest absolute Gasteiger partial charge is 0.348 e. The number of benzene rings is 1. The van der Waals surface area contributed by atoms with E-state index < -0.39 is 10.0 Å². The van der Waals surface area contributed by atoms with E-state index in [2.05, 4.69) is 5.32 Å². The highest BCUT2D eigenvalue weighted by molar-refractivity contribution is 7.89. The number of piperazine rings is 1. The van der Waals surface area contributed by atoms with Crippen molar-refractivity contribution in [2.45, 2.75) is 49.6 Å². The zero-order chi connectivity index (χ0) is 18.7. The Hall–Kier alpha value is -1.15. The van der Waals surface area contributed by atoms with Gasteiger partial charge in [0.1, 0.15) is 0 Å². The standard InChI is InChI=1S/C18H26ClN3O3S/c1-14(18(23)20-16-4-2-3-5-16)21-10-12-22(13-11-21)26(24,25)17-8-6-15(19)7-9-17/h6-9,14,16H,2-5,10-13H2,1H3,(H,20,23)/p+1/t14-/m0/s1. The van der Waals surface area contributed by atoms with Crippen LogP contribution in [0, 0.1) is 0 Å². The van der Waals surface area contributed by atoms with E-state index in [1.165, 1.54) is 29.3 Å². The maximum absolute atomic E-state index is 12.7. The summed E-state index contributed by atoms with van der Waals surface area (Å²) in [6.07, 6.45) is 4.52. The third-order valence-electron chi connectivity index (χ3n) is 5.52. The van der Waals surface area contributed by atoms with Crippen molar-refractivity contribution in [1.82, 2.24) is 9.62 Å². The molecule has 8 heteroatoms. The van der Waals surface area contributed by atoms with Gasteiger partial charge in [-0.1, -0.05) is 24.4 Å². The number of halogens is 1. The van der Waals surface area contributed by atoms with Crippen LogP contribution in [0.2, 0.25) is 5.02 Å². The van der Waals surface area contributed by atoms with Crippen LogP contribution >= 0.6 is 11.6 Å². The predicted octanol–water partition coefficient (Wildman–Crippen LogP) is 0.677. The van der Waals surface area contributed by atoms with E-state index in [4.69, 9.17) is 11.6 Å². The second kappa shape index (κ2) is 8.25. The third-order valence-corrected chi connectivity index (χ3v) is 7.69. The van der Waals surface area contributed by atoms with Gasteiger partial charge in [0.2, 0.25) is 10.0 Å². The zero-order valence-electron chi connectivity index (χ0n) is 15.1. The van der Waals surface area contributed by atoms with Crippen molar-refractivity contribution in [2.24, 2.45) is 0 Å². The summed E-state index contributed by atoms with van der Waals surface area (Å²) in [5.74, 6) is 0.0842. The van der Waals surface area contributed by atoms with Gasteiger partial charge in [-0.15, -0.1) is 0 Å². The molecule has 1 atom stereocenters. The zero-order valence-corrected chi connectivity index (χ0v) is 16.7. The Morgan fingerprint density at radius 1 is 1.19 bits per heavy atom. The Balaban J connectivity index is 1.56. The van der Waals surface area contributed by atoms with E-state index in [0.717, 1.165) is 17.7 Å². The minimum absolute atomic E-state index is 0.0842. The lowest BCUT2D eigenvalue weighted by Crippen LogP contribution is -3.19. The van der Waals surface area contributed by atoms with Crippen LogP contribution in [0.15, 0.2) is 29.2 Å². The first-order valence-electron chi connectivity index (χ1n) is 9.28. The maximum atomic E-state index is 12.7. The molecule has 1 aliphatic carbocycles. The summed E-state index contributed by atoms with van der Waals surface area (Å²) in [7, 11) is -3.51. The SMILES string of the molecule is C[C@@H](C(=O)NC1CCCC1)[NH+]1CCN(S(=O)(=O)c2ccc(Cl)cc2)CC1. The van der Waals surface area contributed by atoms with Gasteiger partial charge in [-0.05, 0) is 44.0 Å². The molecule has 144 valence electrons. The highest BCUT2D eigenvalue weighted by Crippen LogP contribution is 2.19. The second-order valence-corrected chi connectivity index (χ2v) is 9.60. The number of quaternary nitrogens is 1. The molecule has 1 aliphatic heterocycles. The molecular weight excluding hydrogens is 374 g/mol. The summed E-state index contributed by atoms with van der Waals surface area (Å²) >= 11 is 5.84. The average molecular weight is 401 g/mol. The van der Waals surface area contributed by atoms with Crippen molar-refractivity contribution in [3.05, 3.63) is 29.3 Å². The summed E-state index contributed by atoms with van der Waals surface area (Å²) in [4.78, 5) is 13.9. The molecule has 0 radical (unpaired) electrons. The van der Waals surface area contributed by atoms with Gasteiger partial charge >= 0.3 is 0 Å². The summed E-state index contributed by atoms with van der Waals surface area (Å²) in [5.41, 5.74) is 0. The number of nitrogens with zero attached hydrogens (tertiary/aromatic N) is 1. The van der Waals surface area contributed by atoms with Gasteiger partial charge in [0.05, 0.1) is 31.1 Å². The number of hydrogen-bond acceptors (Lipinski definition) is 3. The molecule has 1 amide bonds. The monoisotopic (exact) mass is 400 g/mol. The van der Waals surface area contributed by atoms with Crippen LogP contribution in [0.3, 0.4) is 0 Å². The molecule has 3 rings (SSSR count). The summed E-state index contributed by atoms with van der Waals surface area (Å²) in [5, 5.41) is 3.66.